The zero-order valence-electron chi connectivity index (χ0n) is 18.5. The van der Waals surface area contributed by atoms with E-state index in [0.29, 0.717) is 17.4 Å². The maximum absolute atomic E-state index is 12.9. The molecule has 0 saturated heterocycles. The van der Waals surface area contributed by atoms with Crippen molar-refractivity contribution >= 4 is 21.2 Å². The summed E-state index contributed by atoms with van der Waals surface area (Å²) in [5.41, 5.74) is 3.75. The van der Waals surface area contributed by atoms with Gasteiger partial charge in [-0.25, -0.2) is 23.1 Å². The first-order chi connectivity index (χ1) is 16.1. The van der Waals surface area contributed by atoms with E-state index in [0.717, 1.165) is 22.6 Å². The lowest BCUT2D eigenvalue weighted by molar-refractivity contribution is 0.443. The molecular weight excluding hydrogens is 432 g/mol. The van der Waals surface area contributed by atoms with Gasteiger partial charge in [-0.15, -0.1) is 0 Å². The highest BCUT2D eigenvalue weighted by Crippen LogP contribution is 2.33. The van der Waals surface area contributed by atoms with Crippen LogP contribution in [0, 0.1) is 0 Å². The number of nitrogens with zero attached hydrogens (tertiary/aromatic N) is 3. The van der Waals surface area contributed by atoms with Crippen molar-refractivity contribution in [2.24, 2.45) is 0 Å². The number of aromatic nitrogens is 3. The maximum atomic E-state index is 12.9. The van der Waals surface area contributed by atoms with Crippen LogP contribution in [0.1, 0.15) is 43.6 Å². The molecule has 5 rings (SSSR count). The highest BCUT2D eigenvalue weighted by atomic mass is 32.2. The van der Waals surface area contributed by atoms with E-state index in [1.807, 2.05) is 59.2 Å². The number of pyridine rings is 1. The zero-order chi connectivity index (χ0) is 22.7. The van der Waals surface area contributed by atoms with Crippen LogP contribution >= 0.6 is 0 Å². The summed E-state index contributed by atoms with van der Waals surface area (Å²) in [6.45, 7) is 0.672. The van der Waals surface area contributed by atoms with Crippen molar-refractivity contribution in [2.75, 3.05) is 6.54 Å². The molecule has 33 heavy (non-hydrogen) atoms. The quantitative estimate of drug-likeness (QED) is 0.415. The number of rotatable bonds is 7. The van der Waals surface area contributed by atoms with E-state index < -0.39 is 10.0 Å². The normalized spacial score (nSPS) is 15.2. The van der Waals surface area contributed by atoms with Crippen LogP contribution in [-0.2, 0) is 16.6 Å². The third-order valence-electron chi connectivity index (χ3n) is 6.43. The molecule has 1 fully saturated rings. The SMILES string of the molecule is O=S(=O)(NCCn1c(-c2ccccc2)nc2cccnc21)c1ccc(C2CCCCC2)cc1. The molecule has 0 atom stereocenters. The summed E-state index contributed by atoms with van der Waals surface area (Å²) in [6, 6.07) is 21.1. The van der Waals surface area contributed by atoms with Crippen molar-refractivity contribution in [1.29, 1.82) is 0 Å². The van der Waals surface area contributed by atoms with Gasteiger partial charge in [0, 0.05) is 24.8 Å². The third-order valence-corrected chi connectivity index (χ3v) is 7.91. The van der Waals surface area contributed by atoms with Crippen molar-refractivity contribution in [1.82, 2.24) is 19.3 Å². The molecule has 6 nitrogen and oxygen atoms in total. The second kappa shape index (κ2) is 9.45. The van der Waals surface area contributed by atoms with Crippen molar-refractivity contribution in [3.63, 3.8) is 0 Å². The summed E-state index contributed by atoms with van der Waals surface area (Å²) in [5, 5.41) is 0. The third kappa shape index (κ3) is 4.70. The number of imidazole rings is 1. The van der Waals surface area contributed by atoms with Crippen molar-refractivity contribution in [3.05, 3.63) is 78.5 Å². The molecule has 0 radical (unpaired) electrons. The predicted octanol–water partition coefficient (Wildman–Crippen LogP) is 5.12. The number of benzene rings is 2. The summed E-state index contributed by atoms with van der Waals surface area (Å²) >= 11 is 0. The van der Waals surface area contributed by atoms with Gasteiger partial charge in [-0.2, -0.15) is 0 Å². The molecule has 2 heterocycles. The summed E-state index contributed by atoms with van der Waals surface area (Å²) in [6.07, 6.45) is 7.94. The number of nitrogens with one attached hydrogen (secondary N) is 1. The fraction of sp³-hybridized carbons (Fsp3) is 0.308. The van der Waals surface area contributed by atoms with E-state index in [1.165, 1.54) is 37.7 Å². The van der Waals surface area contributed by atoms with E-state index in [1.54, 1.807) is 18.3 Å². The van der Waals surface area contributed by atoms with E-state index in [9.17, 15) is 8.42 Å². The Morgan fingerprint density at radius 3 is 2.42 bits per heavy atom. The molecule has 0 bridgehead atoms. The molecule has 4 aromatic rings. The number of hydrogen-bond donors (Lipinski definition) is 1. The van der Waals surface area contributed by atoms with Crippen LogP contribution in [0.4, 0.5) is 0 Å². The van der Waals surface area contributed by atoms with Crippen LogP contribution < -0.4 is 4.72 Å². The standard InChI is InChI=1S/C26H28N4O2S/c31-33(32,23-15-13-21(14-16-23)20-8-3-1-4-9-20)28-18-19-30-25(22-10-5-2-6-11-22)29-24-12-7-17-27-26(24)30/h2,5-7,10-17,20,28H,1,3-4,8-9,18-19H2. The first kappa shape index (κ1) is 21.8. The van der Waals surface area contributed by atoms with Crippen LogP contribution in [-0.4, -0.2) is 29.5 Å². The van der Waals surface area contributed by atoms with Crippen LogP contribution in [0.3, 0.4) is 0 Å². The molecule has 0 unspecified atom stereocenters. The molecule has 2 aromatic carbocycles. The lowest BCUT2D eigenvalue weighted by Gasteiger charge is -2.22. The van der Waals surface area contributed by atoms with Gasteiger partial charge in [0.2, 0.25) is 10.0 Å². The van der Waals surface area contributed by atoms with Gasteiger partial charge in [0.05, 0.1) is 4.90 Å². The van der Waals surface area contributed by atoms with Gasteiger partial charge in [0.25, 0.3) is 0 Å². The average molecular weight is 461 g/mol. The van der Waals surface area contributed by atoms with Gasteiger partial charge >= 0.3 is 0 Å². The molecule has 1 N–H and O–H groups in total. The minimum Gasteiger partial charge on any atom is -0.307 e. The fourth-order valence-corrected chi connectivity index (χ4v) is 5.73. The largest absolute Gasteiger partial charge is 0.307 e. The second-order valence-electron chi connectivity index (χ2n) is 8.60. The summed E-state index contributed by atoms with van der Waals surface area (Å²) in [7, 11) is -3.60. The molecule has 0 aliphatic heterocycles. The molecular formula is C26H28N4O2S. The average Bonchev–Trinajstić information content (AvgIpc) is 3.24. The van der Waals surface area contributed by atoms with Crippen LogP contribution in [0.5, 0.6) is 0 Å². The Kier molecular flexibility index (Phi) is 6.24. The molecule has 1 aliphatic carbocycles. The number of fused-ring (bicyclic) bond motifs is 1. The molecule has 170 valence electrons. The Hall–Kier alpha value is -3.03. The fourth-order valence-electron chi connectivity index (χ4n) is 4.71. The number of hydrogen-bond acceptors (Lipinski definition) is 4. The van der Waals surface area contributed by atoms with Gasteiger partial charge in [0.1, 0.15) is 11.3 Å². The minimum atomic E-state index is -3.60. The van der Waals surface area contributed by atoms with Crippen molar-refractivity contribution in [3.8, 4) is 11.4 Å². The Morgan fingerprint density at radius 2 is 1.67 bits per heavy atom. The van der Waals surface area contributed by atoms with Gasteiger partial charge in [-0.05, 0) is 48.6 Å². The predicted molar refractivity (Wildman–Crippen MR) is 130 cm³/mol. The topological polar surface area (TPSA) is 76.9 Å². The maximum Gasteiger partial charge on any atom is 0.240 e. The van der Waals surface area contributed by atoms with Crippen molar-refractivity contribution < 1.29 is 8.42 Å². The zero-order valence-corrected chi connectivity index (χ0v) is 19.3. The first-order valence-corrected chi connectivity index (χ1v) is 13.1. The van der Waals surface area contributed by atoms with Crippen LogP contribution in [0.15, 0.2) is 77.8 Å². The van der Waals surface area contributed by atoms with Gasteiger partial charge in [-0.1, -0.05) is 61.7 Å². The Bertz CT molecular complexity index is 1330. The van der Waals surface area contributed by atoms with Gasteiger partial charge in [0.15, 0.2) is 5.65 Å². The van der Waals surface area contributed by atoms with E-state index in [2.05, 4.69) is 9.71 Å². The lowest BCUT2D eigenvalue weighted by Crippen LogP contribution is -2.27. The smallest absolute Gasteiger partial charge is 0.240 e. The summed E-state index contributed by atoms with van der Waals surface area (Å²) < 4.78 is 30.6. The molecule has 7 heteroatoms. The summed E-state index contributed by atoms with van der Waals surface area (Å²) in [4.78, 5) is 9.52. The van der Waals surface area contributed by atoms with Gasteiger partial charge in [-0.3, -0.25) is 0 Å². The minimum absolute atomic E-state index is 0.245. The second-order valence-corrected chi connectivity index (χ2v) is 10.4. The van der Waals surface area contributed by atoms with E-state index in [-0.39, 0.29) is 6.54 Å². The molecule has 1 aliphatic rings. The molecule has 0 spiro atoms. The Morgan fingerprint density at radius 1 is 0.909 bits per heavy atom. The van der Waals surface area contributed by atoms with Gasteiger partial charge < -0.3 is 4.57 Å². The highest BCUT2D eigenvalue weighted by Gasteiger charge is 2.19. The first-order valence-electron chi connectivity index (χ1n) is 11.6. The van der Waals surface area contributed by atoms with Crippen molar-refractivity contribution in [2.45, 2.75) is 49.5 Å². The highest BCUT2D eigenvalue weighted by molar-refractivity contribution is 7.89. The van der Waals surface area contributed by atoms with E-state index >= 15 is 0 Å². The summed E-state index contributed by atoms with van der Waals surface area (Å²) in [5.74, 6) is 1.34. The molecule has 1 saturated carbocycles. The monoisotopic (exact) mass is 460 g/mol. The Balaban J connectivity index is 1.32. The van der Waals surface area contributed by atoms with Crippen LogP contribution in [0.2, 0.25) is 0 Å². The molecule has 0 amide bonds. The Labute approximate surface area is 194 Å². The number of sulfonamides is 1. The molecule has 2 aromatic heterocycles. The van der Waals surface area contributed by atoms with Crippen LogP contribution in [0.25, 0.3) is 22.6 Å². The lowest BCUT2D eigenvalue weighted by atomic mass is 9.84. The van der Waals surface area contributed by atoms with E-state index in [4.69, 9.17) is 4.98 Å².